The van der Waals surface area contributed by atoms with E-state index in [1.54, 1.807) is 0 Å². The summed E-state index contributed by atoms with van der Waals surface area (Å²) in [5.74, 6) is 0.393. The maximum absolute atomic E-state index is 12.3. The molecule has 214 valence electrons. The molecule has 0 saturated heterocycles. The first kappa shape index (κ1) is 34.9. The van der Waals surface area contributed by atoms with Crippen molar-refractivity contribution in [1.29, 1.82) is 0 Å². The first-order valence-corrected chi connectivity index (χ1v) is 15.9. The van der Waals surface area contributed by atoms with E-state index >= 15 is 0 Å². The Bertz CT molecular complexity index is 461. The standard InChI is InChI=1S/C32H62O4/c1-5-7-9-17-22-26-30(33)35-32(36-31(34)27-23-18-10-8-6-2)28-24-20-16-14-12-11-13-15-19-21-25-29(3)4/h29,32H,5-28H2,1-4H3. The fourth-order valence-corrected chi connectivity index (χ4v) is 4.58. The molecule has 0 radical (unpaired) electrons. The summed E-state index contributed by atoms with van der Waals surface area (Å²) in [5, 5.41) is 0. The molecule has 0 aliphatic heterocycles. The van der Waals surface area contributed by atoms with Gasteiger partial charge in [0.05, 0.1) is 0 Å². The lowest BCUT2D eigenvalue weighted by atomic mass is 10.0. The van der Waals surface area contributed by atoms with Crippen molar-refractivity contribution in [1.82, 2.24) is 0 Å². The summed E-state index contributed by atoms with van der Waals surface area (Å²) < 4.78 is 11.2. The van der Waals surface area contributed by atoms with Crippen LogP contribution in [0.25, 0.3) is 0 Å². The van der Waals surface area contributed by atoms with Crippen molar-refractivity contribution >= 4 is 11.9 Å². The van der Waals surface area contributed by atoms with Gasteiger partial charge in [0.25, 0.3) is 0 Å². The molecule has 0 N–H and O–H groups in total. The summed E-state index contributed by atoms with van der Waals surface area (Å²) in [5.41, 5.74) is 0. The predicted octanol–water partition coefficient (Wildman–Crippen LogP) is 10.5. The number of unbranched alkanes of at least 4 members (excludes halogenated alkanes) is 17. The number of ether oxygens (including phenoxy) is 2. The Morgan fingerprint density at radius 2 is 0.806 bits per heavy atom. The third-order valence-electron chi connectivity index (χ3n) is 6.97. The van der Waals surface area contributed by atoms with Crippen LogP contribution in [-0.4, -0.2) is 18.2 Å². The van der Waals surface area contributed by atoms with Gasteiger partial charge < -0.3 is 9.47 Å². The Hall–Kier alpha value is -1.06. The average Bonchev–Trinajstić information content (AvgIpc) is 2.84. The van der Waals surface area contributed by atoms with E-state index in [0.29, 0.717) is 19.3 Å². The van der Waals surface area contributed by atoms with E-state index in [2.05, 4.69) is 27.7 Å². The lowest BCUT2D eigenvalue weighted by Gasteiger charge is -2.18. The highest BCUT2D eigenvalue weighted by Crippen LogP contribution is 2.17. The van der Waals surface area contributed by atoms with E-state index < -0.39 is 6.29 Å². The van der Waals surface area contributed by atoms with Crippen LogP contribution in [0.2, 0.25) is 0 Å². The van der Waals surface area contributed by atoms with Gasteiger partial charge in [0.15, 0.2) is 0 Å². The van der Waals surface area contributed by atoms with Crippen LogP contribution >= 0.6 is 0 Å². The Labute approximate surface area is 225 Å². The number of rotatable bonds is 27. The van der Waals surface area contributed by atoms with E-state index in [4.69, 9.17) is 9.47 Å². The third kappa shape index (κ3) is 26.0. The fourth-order valence-electron chi connectivity index (χ4n) is 4.58. The predicted molar refractivity (Wildman–Crippen MR) is 153 cm³/mol. The zero-order chi connectivity index (χ0) is 26.7. The summed E-state index contributed by atoms with van der Waals surface area (Å²) in [6.07, 6.45) is 25.8. The molecule has 0 heterocycles. The fraction of sp³-hybridized carbons (Fsp3) is 0.938. The van der Waals surface area contributed by atoms with Gasteiger partial charge in [-0.15, -0.1) is 0 Å². The summed E-state index contributed by atoms with van der Waals surface area (Å²) in [6, 6.07) is 0. The molecule has 0 aromatic carbocycles. The minimum Gasteiger partial charge on any atom is -0.425 e. The van der Waals surface area contributed by atoms with Crippen molar-refractivity contribution in [2.75, 3.05) is 0 Å². The number of hydrogen-bond acceptors (Lipinski definition) is 4. The molecule has 0 amide bonds. The van der Waals surface area contributed by atoms with Gasteiger partial charge in [-0.25, -0.2) is 0 Å². The van der Waals surface area contributed by atoms with Gasteiger partial charge >= 0.3 is 11.9 Å². The lowest BCUT2D eigenvalue weighted by molar-refractivity contribution is -0.189. The third-order valence-corrected chi connectivity index (χ3v) is 6.97. The maximum atomic E-state index is 12.3. The quantitative estimate of drug-likeness (QED) is 0.0626. The van der Waals surface area contributed by atoms with Gasteiger partial charge in [0, 0.05) is 19.3 Å². The summed E-state index contributed by atoms with van der Waals surface area (Å²) in [4.78, 5) is 24.6. The summed E-state index contributed by atoms with van der Waals surface area (Å²) in [7, 11) is 0. The molecule has 0 saturated carbocycles. The van der Waals surface area contributed by atoms with Crippen LogP contribution in [0.15, 0.2) is 0 Å². The highest BCUT2D eigenvalue weighted by molar-refractivity contribution is 5.71. The van der Waals surface area contributed by atoms with Gasteiger partial charge in [0.2, 0.25) is 6.29 Å². The first-order valence-electron chi connectivity index (χ1n) is 15.9. The molecule has 0 aromatic rings. The molecule has 0 unspecified atom stereocenters. The molecule has 36 heavy (non-hydrogen) atoms. The highest BCUT2D eigenvalue weighted by Gasteiger charge is 2.18. The van der Waals surface area contributed by atoms with Crippen LogP contribution in [0, 0.1) is 5.92 Å². The van der Waals surface area contributed by atoms with E-state index in [1.807, 2.05) is 0 Å². The molecule has 4 heteroatoms. The van der Waals surface area contributed by atoms with Gasteiger partial charge in [-0.3, -0.25) is 9.59 Å². The average molecular weight is 511 g/mol. The van der Waals surface area contributed by atoms with E-state index in [1.165, 1.54) is 96.3 Å². The van der Waals surface area contributed by atoms with Gasteiger partial charge in [-0.05, 0) is 25.2 Å². The Kier molecular flexibility index (Phi) is 26.2. The number of hydrogen-bond donors (Lipinski definition) is 0. The SMILES string of the molecule is CCCCCCCC(=O)OC(CCCCCCCCCCCCC(C)C)OC(=O)CCCCCCC. The maximum Gasteiger partial charge on any atom is 0.308 e. The lowest BCUT2D eigenvalue weighted by Crippen LogP contribution is -2.24. The Balaban J connectivity index is 4.10. The summed E-state index contributed by atoms with van der Waals surface area (Å²) >= 11 is 0. The van der Waals surface area contributed by atoms with Crippen LogP contribution in [0.1, 0.15) is 182 Å². The molecule has 0 rings (SSSR count). The van der Waals surface area contributed by atoms with Crippen molar-refractivity contribution in [3.05, 3.63) is 0 Å². The van der Waals surface area contributed by atoms with Crippen molar-refractivity contribution in [2.45, 2.75) is 188 Å². The molecule has 0 bridgehead atoms. The van der Waals surface area contributed by atoms with Gasteiger partial charge in [-0.2, -0.15) is 0 Å². The van der Waals surface area contributed by atoms with Crippen LogP contribution < -0.4 is 0 Å². The van der Waals surface area contributed by atoms with Crippen LogP contribution in [0.3, 0.4) is 0 Å². The van der Waals surface area contributed by atoms with Crippen LogP contribution in [0.4, 0.5) is 0 Å². The van der Waals surface area contributed by atoms with Crippen molar-refractivity contribution < 1.29 is 19.1 Å². The van der Waals surface area contributed by atoms with Crippen molar-refractivity contribution in [3.8, 4) is 0 Å². The number of esters is 2. The van der Waals surface area contributed by atoms with E-state index in [-0.39, 0.29) is 11.9 Å². The number of carbonyl (C=O) groups excluding carboxylic acids is 2. The molecule has 0 aliphatic rings. The second-order valence-electron chi connectivity index (χ2n) is 11.2. The van der Waals surface area contributed by atoms with E-state index in [0.717, 1.165) is 44.4 Å². The molecule has 0 atom stereocenters. The van der Waals surface area contributed by atoms with E-state index in [9.17, 15) is 9.59 Å². The minimum atomic E-state index is -0.706. The molecular formula is C32H62O4. The molecular weight excluding hydrogens is 448 g/mol. The van der Waals surface area contributed by atoms with Crippen molar-refractivity contribution in [2.24, 2.45) is 5.92 Å². The Morgan fingerprint density at radius 3 is 1.19 bits per heavy atom. The zero-order valence-electron chi connectivity index (χ0n) is 24.8. The number of carbonyl (C=O) groups is 2. The normalized spacial score (nSPS) is 11.4. The second kappa shape index (κ2) is 27.0. The second-order valence-corrected chi connectivity index (χ2v) is 11.2. The monoisotopic (exact) mass is 510 g/mol. The molecule has 0 aromatic heterocycles. The minimum absolute atomic E-state index is 0.222. The van der Waals surface area contributed by atoms with Gasteiger partial charge in [-0.1, -0.05) is 143 Å². The molecule has 4 nitrogen and oxygen atoms in total. The zero-order valence-corrected chi connectivity index (χ0v) is 24.8. The molecule has 0 spiro atoms. The topological polar surface area (TPSA) is 52.6 Å². The molecule has 0 aliphatic carbocycles. The largest absolute Gasteiger partial charge is 0.425 e. The molecule has 0 fully saturated rings. The van der Waals surface area contributed by atoms with Crippen LogP contribution in [0.5, 0.6) is 0 Å². The van der Waals surface area contributed by atoms with Crippen molar-refractivity contribution in [3.63, 3.8) is 0 Å². The summed E-state index contributed by atoms with van der Waals surface area (Å²) in [6.45, 7) is 8.99. The Morgan fingerprint density at radius 1 is 0.472 bits per heavy atom. The van der Waals surface area contributed by atoms with Gasteiger partial charge in [0.1, 0.15) is 0 Å². The smallest absolute Gasteiger partial charge is 0.308 e. The highest BCUT2D eigenvalue weighted by atomic mass is 16.7. The first-order chi connectivity index (χ1) is 17.5. The van der Waals surface area contributed by atoms with Crippen LogP contribution in [-0.2, 0) is 19.1 Å².